The van der Waals surface area contributed by atoms with Crippen molar-refractivity contribution in [3.63, 3.8) is 0 Å². The van der Waals surface area contributed by atoms with E-state index in [-0.39, 0.29) is 12.6 Å². The molecule has 0 aliphatic heterocycles. The molecule has 1 atom stereocenters. The first-order valence-electron chi connectivity index (χ1n) is 5.63. The van der Waals surface area contributed by atoms with Gasteiger partial charge in [-0.3, -0.25) is 10.1 Å². The Morgan fingerprint density at radius 2 is 2.00 bits per heavy atom. The zero-order chi connectivity index (χ0) is 12.9. The molecular formula is C13H19NO3. The lowest BCUT2D eigenvalue weighted by atomic mass is 10.0. The summed E-state index contributed by atoms with van der Waals surface area (Å²) in [5.74, 6) is -0.243. The molecule has 0 aliphatic rings. The number of aliphatic carboxylic acids is 1. The fourth-order valence-corrected chi connectivity index (χ4v) is 1.55. The number of benzene rings is 1. The van der Waals surface area contributed by atoms with Crippen molar-refractivity contribution in [3.8, 4) is 5.75 Å². The molecular weight excluding hydrogens is 218 g/mol. The molecule has 94 valence electrons. The summed E-state index contributed by atoms with van der Waals surface area (Å²) < 4.78 is 5.49. The summed E-state index contributed by atoms with van der Waals surface area (Å²) in [5, 5.41) is 12.2. The molecule has 0 heterocycles. The smallest absolute Gasteiger partial charge is 0.327 e. The van der Waals surface area contributed by atoms with Gasteiger partial charge in [-0.15, -0.1) is 0 Å². The topological polar surface area (TPSA) is 58.6 Å². The Bertz CT molecular complexity index is 364. The first kappa shape index (κ1) is 13.5. The number of hydrogen-bond acceptors (Lipinski definition) is 3. The molecule has 4 heteroatoms. The third kappa shape index (κ3) is 4.07. The molecule has 1 unspecified atom stereocenters. The van der Waals surface area contributed by atoms with Gasteiger partial charge in [0.1, 0.15) is 17.9 Å². The van der Waals surface area contributed by atoms with Gasteiger partial charge in [0.05, 0.1) is 0 Å². The molecule has 1 aromatic rings. The molecule has 0 radical (unpaired) electrons. The fourth-order valence-electron chi connectivity index (χ4n) is 1.55. The molecule has 0 fully saturated rings. The largest absolute Gasteiger partial charge is 0.491 e. The van der Waals surface area contributed by atoms with Crippen LogP contribution in [0.1, 0.15) is 20.8 Å². The van der Waals surface area contributed by atoms with Crippen molar-refractivity contribution in [2.75, 3.05) is 6.61 Å². The molecule has 1 aromatic carbocycles. The number of ether oxygens (including phenoxy) is 1. The summed E-state index contributed by atoms with van der Waals surface area (Å²) in [4.78, 5) is 11.2. The second-order valence-electron chi connectivity index (χ2n) is 4.54. The van der Waals surface area contributed by atoms with Gasteiger partial charge >= 0.3 is 5.97 Å². The van der Waals surface area contributed by atoms with Gasteiger partial charge in [-0.2, -0.15) is 0 Å². The number of carbonyl (C=O) groups is 1. The van der Waals surface area contributed by atoms with Crippen LogP contribution in [0.15, 0.2) is 30.3 Å². The monoisotopic (exact) mass is 237 g/mol. The van der Waals surface area contributed by atoms with Crippen molar-refractivity contribution < 1.29 is 14.6 Å². The highest BCUT2D eigenvalue weighted by Gasteiger charge is 2.34. The molecule has 0 spiro atoms. The lowest BCUT2D eigenvalue weighted by Gasteiger charge is -2.28. The Balaban J connectivity index is 2.65. The van der Waals surface area contributed by atoms with E-state index < -0.39 is 11.5 Å². The van der Waals surface area contributed by atoms with Crippen molar-refractivity contribution in [3.05, 3.63) is 30.3 Å². The average molecular weight is 237 g/mol. The summed E-state index contributed by atoms with van der Waals surface area (Å²) in [6.07, 6.45) is 0. The average Bonchev–Trinajstić information content (AvgIpc) is 2.27. The minimum Gasteiger partial charge on any atom is -0.491 e. The number of para-hydroxylation sites is 1. The summed E-state index contributed by atoms with van der Waals surface area (Å²) in [6.45, 7) is 5.52. The van der Waals surface area contributed by atoms with Crippen molar-refractivity contribution in [2.24, 2.45) is 0 Å². The second-order valence-corrected chi connectivity index (χ2v) is 4.54. The van der Waals surface area contributed by atoms with E-state index >= 15 is 0 Å². The third-order valence-electron chi connectivity index (χ3n) is 2.35. The second kappa shape index (κ2) is 5.68. The Hall–Kier alpha value is -1.55. The minimum absolute atomic E-state index is 0.0791. The van der Waals surface area contributed by atoms with Gasteiger partial charge in [0, 0.05) is 6.04 Å². The standard InChI is InChI=1S/C13H19NO3/c1-10(2)14-13(3,12(15)16)9-17-11-7-5-4-6-8-11/h4-8,10,14H,9H2,1-3H3,(H,15,16). The van der Waals surface area contributed by atoms with Crippen LogP contribution in [0.2, 0.25) is 0 Å². The molecule has 0 aliphatic carbocycles. The number of rotatable bonds is 6. The zero-order valence-corrected chi connectivity index (χ0v) is 10.4. The molecule has 0 saturated carbocycles. The lowest BCUT2D eigenvalue weighted by Crippen LogP contribution is -2.56. The van der Waals surface area contributed by atoms with Gasteiger partial charge in [0.25, 0.3) is 0 Å². The van der Waals surface area contributed by atoms with Crippen LogP contribution in [0.25, 0.3) is 0 Å². The first-order chi connectivity index (χ1) is 7.94. The van der Waals surface area contributed by atoms with E-state index in [0.29, 0.717) is 5.75 Å². The Morgan fingerprint density at radius 3 is 2.47 bits per heavy atom. The van der Waals surface area contributed by atoms with E-state index in [2.05, 4.69) is 5.32 Å². The minimum atomic E-state index is -1.08. The van der Waals surface area contributed by atoms with E-state index in [1.54, 1.807) is 19.1 Å². The summed E-state index contributed by atoms with van der Waals surface area (Å²) in [7, 11) is 0. The first-order valence-corrected chi connectivity index (χ1v) is 5.63. The van der Waals surface area contributed by atoms with E-state index in [4.69, 9.17) is 4.74 Å². The van der Waals surface area contributed by atoms with Crippen LogP contribution in [0.3, 0.4) is 0 Å². The van der Waals surface area contributed by atoms with Crippen molar-refractivity contribution >= 4 is 5.97 Å². The predicted octanol–water partition coefficient (Wildman–Crippen LogP) is 1.91. The van der Waals surface area contributed by atoms with Gasteiger partial charge in [0.2, 0.25) is 0 Å². The maximum absolute atomic E-state index is 11.2. The molecule has 0 saturated heterocycles. The van der Waals surface area contributed by atoms with E-state index in [1.807, 2.05) is 32.0 Å². The lowest BCUT2D eigenvalue weighted by molar-refractivity contribution is -0.145. The van der Waals surface area contributed by atoms with Gasteiger partial charge in [-0.25, -0.2) is 0 Å². The van der Waals surface area contributed by atoms with Crippen LogP contribution in [-0.2, 0) is 4.79 Å². The van der Waals surface area contributed by atoms with E-state index in [1.165, 1.54) is 0 Å². The van der Waals surface area contributed by atoms with Crippen LogP contribution < -0.4 is 10.1 Å². The van der Waals surface area contributed by atoms with E-state index in [9.17, 15) is 9.90 Å². The van der Waals surface area contributed by atoms with Crippen molar-refractivity contribution in [1.82, 2.24) is 5.32 Å². The van der Waals surface area contributed by atoms with Gasteiger partial charge < -0.3 is 9.84 Å². The normalized spacial score (nSPS) is 14.4. The summed E-state index contributed by atoms with van der Waals surface area (Å²) in [5.41, 5.74) is -1.08. The van der Waals surface area contributed by atoms with Gasteiger partial charge in [-0.05, 0) is 32.9 Å². The van der Waals surface area contributed by atoms with Crippen LogP contribution in [0.5, 0.6) is 5.75 Å². The maximum Gasteiger partial charge on any atom is 0.327 e. The highest BCUT2D eigenvalue weighted by Crippen LogP contribution is 2.13. The molecule has 2 N–H and O–H groups in total. The summed E-state index contributed by atoms with van der Waals surface area (Å²) in [6, 6.07) is 9.27. The van der Waals surface area contributed by atoms with Gasteiger partial charge in [0.15, 0.2) is 0 Å². The maximum atomic E-state index is 11.2. The number of carboxylic acids is 1. The number of hydrogen-bond donors (Lipinski definition) is 2. The predicted molar refractivity (Wildman–Crippen MR) is 66.2 cm³/mol. The van der Waals surface area contributed by atoms with E-state index in [0.717, 1.165) is 0 Å². The third-order valence-corrected chi connectivity index (χ3v) is 2.35. The highest BCUT2D eigenvalue weighted by molar-refractivity contribution is 5.78. The molecule has 0 aromatic heterocycles. The number of carboxylic acid groups (broad SMARTS) is 1. The SMILES string of the molecule is CC(C)NC(C)(COc1ccccc1)C(=O)O. The molecule has 4 nitrogen and oxygen atoms in total. The molecule has 0 bridgehead atoms. The number of nitrogens with one attached hydrogen (secondary N) is 1. The Morgan fingerprint density at radius 1 is 1.41 bits per heavy atom. The fraction of sp³-hybridized carbons (Fsp3) is 0.462. The zero-order valence-electron chi connectivity index (χ0n) is 10.4. The Labute approximate surface area is 102 Å². The molecule has 1 rings (SSSR count). The summed E-state index contributed by atoms with van der Waals surface area (Å²) >= 11 is 0. The van der Waals surface area contributed by atoms with Crippen LogP contribution in [-0.4, -0.2) is 29.3 Å². The quantitative estimate of drug-likeness (QED) is 0.793. The van der Waals surface area contributed by atoms with Gasteiger partial charge in [-0.1, -0.05) is 18.2 Å². The van der Waals surface area contributed by atoms with Crippen molar-refractivity contribution in [2.45, 2.75) is 32.4 Å². The molecule has 17 heavy (non-hydrogen) atoms. The van der Waals surface area contributed by atoms with Crippen LogP contribution in [0, 0.1) is 0 Å². The molecule has 0 amide bonds. The van der Waals surface area contributed by atoms with Crippen molar-refractivity contribution in [1.29, 1.82) is 0 Å². The Kier molecular flexibility index (Phi) is 4.52. The highest BCUT2D eigenvalue weighted by atomic mass is 16.5. The van der Waals surface area contributed by atoms with Crippen LogP contribution in [0.4, 0.5) is 0 Å². The van der Waals surface area contributed by atoms with Crippen LogP contribution >= 0.6 is 0 Å².